The van der Waals surface area contributed by atoms with Crippen molar-refractivity contribution < 1.29 is 4.74 Å². The van der Waals surface area contributed by atoms with E-state index in [1.807, 2.05) is 73.7 Å². The molecule has 0 heterocycles. The molecule has 0 aliphatic carbocycles. The molecule has 0 fully saturated rings. The smallest absolute Gasteiger partial charge is 0.124 e. The summed E-state index contributed by atoms with van der Waals surface area (Å²) in [4.78, 5) is 0. The molecule has 0 aliphatic heterocycles. The van der Waals surface area contributed by atoms with Gasteiger partial charge in [0, 0.05) is 27.8 Å². The third kappa shape index (κ3) is 4.68. The van der Waals surface area contributed by atoms with E-state index in [2.05, 4.69) is 5.32 Å². The van der Waals surface area contributed by atoms with Gasteiger partial charge in [-0.05, 0) is 48.4 Å². The Morgan fingerprint density at radius 3 is 2.52 bits per heavy atom. The molecular weight excluding hydrogens is 353 g/mol. The van der Waals surface area contributed by atoms with Crippen molar-refractivity contribution in [2.75, 3.05) is 5.32 Å². The molecule has 4 heteroatoms. The van der Waals surface area contributed by atoms with Crippen LogP contribution in [0.5, 0.6) is 5.75 Å². The standard InChI is InChI=1S/C21H19Cl2NO/c1-15-19(23)8-5-9-20(15)24-13-17-12-18(22)10-11-21(17)25-14-16-6-3-2-4-7-16/h2-12,24H,13-14H2,1H3. The maximum Gasteiger partial charge on any atom is 0.124 e. The molecular formula is C21H19Cl2NO. The fourth-order valence-corrected chi connectivity index (χ4v) is 2.92. The van der Waals surface area contributed by atoms with Gasteiger partial charge in [-0.3, -0.25) is 0 Å². The minimum atomic E-state index is 0.520. The maximum absolute atomic E-state index is 6.18. The molecule has 25 heavy (non-hydrogen) atoms. The van der Waals surface area contributed by atoms with E-state index < -0.39 is 0 Å². The Hall–Kier alpha value is -2.16. The summed E-state index contributed by atoms with van der Waals surface area (Å²) in [5, 5.41) is 4.85. The lowest BCUT2D eigenvalue weighted by Gasteiger charge is -2.15. The average molecular weight is 372 g/mol. The molecule has 0 radical (unpaired) electrons. The summed E-state index contributed by atoms with van der Waals surface area (Å²) >= 11 is 12.4. The van der Waals surface area contributed by atoms with Crippen molar-refractivity contribution in [2.24, 2.45) is 0 Å². The number of ether oxygens (including phenoxy) is 1. The molecule has 3 rings (SSSR count). The van der Waals surface area contributed by atoms with Crippen LogP contribution in [-0.2, 0) is 13.2 Å². The molecule has 0 spiro atoms. The largest absolute Gasteiger partial charge is 0.489 e. The van der Waals surface area contributed by atoms with E-state index >= 15 is 0 Å². The van der Waals surface area contributed by atoms with E-state index in [0.717, 1.165) is 33.1 Å². The Morgan fingerprint density at radius 1 is 0.920 bits per heavy atom. The molecule has 3 aromatic carbocycles. The van der Waals surface area contributed by atoms with Crippen LogP contribution in [0.15, 0.2) is 66.7 Å². The lowest BCUT2D eigenvalue weighted by atomic mass is 10.1. The normalized spacial score (nSPS) is 10.5. The third-order valence-electron chi connectivity index (χ3n) is 4.00. The van der Waals surface area contributed by atoms with E-state index in [1.165, 1.54) is 0 Å². The van der Waals surface area contributed by atoms with Gasteiger partial charge < -0.3 is 10.1 Å². The zero-order valence-electron chi connectivity index (χ0n) is 13.9. The van der Waals surface area contributed by atoms with Crippen LogP contribution in [-0.4, -0.2) is 0 Å². The average Bonchev–Trinajstić information content (AvgIpc) is 2.63. The first-order valence-electron chi connectivity index (χ1n) is 8.07. The van der Waals surface area contributed by atoms with Gasteiger partial charge >= 0.3 is 0 Å². The molecule has 0 amide bonds. The van der Waals surface area contributed by atoms with Crippen LogP contribution >= 0.6 is 23.2 Å². The number of halogens is 2. The zero-order valence-corrected chi connectivity index (χ0v) is 15.4. The van der Waals surface area contributed by atoms with Crippen LogP contribution in [0.3, 0.4) is 0 Å². The predicted octanol–water partition coefficient (Wildman–Crippen LogP) is 6.49. The second-order valence-electron chi connectivity index (χ2n) is 5.79. The summed E-state index contributed by atoms with van der Waals surface area (Å²) in [6, 6.07) is 21.6. The molecule has 128 valence electrons. The van der Waals surface area contributed by atoms with Crippen LogP contribution < -0.4 is 10.1 Å². The summed E-state index contributed by atoms with van der Waals surface area (Å²) in [7, 11) is 0. The van der Waals surface area contributed by atoms with Gasteiger partial charge in [0.1, 0.15) is 12.4 Å². The minimum absolute atomic E-state index is 0.520. The fourth-order valence-electron chi connectivity index (χ4n) is 2.55. The van der Waals surface area contributed by atoms with E-state index in [1.54, 1.807) is 0 Å². The minimum Gasteiger partial charge on any atom is -0.489 e. The zero-order chi connectivity index (χ0) is 17.6. The van der Waals surface area contributed by atoms with Gasteiger partial charge in [-0.1, -0.05) is 59.6 Å². The first-order valence-corrected chi connectivity index (χ1v) is 8.83. The summed E-state index contributed by atoms with van der Waals surface area (Å²) in [6.45, 7) is 3.12. The van der Waals surface area contributed by atoms with E-state index in [-0.39, 0.29) is 0 Å². The van der Waals surface area contributed by atoms with Crippen LogP contribution in [0, 0.1) is 6.92 Å². The molecule has 0 aromatic heterocycles. The van der Waals surface area contributed by atoms with E-state index in [9.17, 15) is 0 Å². The number of anilines is 1. The van der Waals surface area contributed by atoms with Crippen LogP contribution in [0.1, 0.15) is 16.7 Å². The van der Waals surface area contributed by atoms with Crippen LogP contribution in [0.2, 0.25) is 10.0 Å². The molecule has 0 saturated heterocycles. The first kappa shape index (κ1) is 17.7. The Kier molecular flexibility index (Phi) is 5.85. The molecule has 1 N–H and O–H groups in total. The first-order chi connectivity index (χ1) is 12.1. The quantitative estimate of drug-likeness (QED) is 0.534. The number of nitrogens with one attached hydrogen (secondary N) is 1. The highest BCUT2D eigenvalue weighted by molar-refractivity contribution is 6.31. The molecule has 3 aromatic rings. The van der Waals surface area contributed by atoms with Crippen molar-refractivity contribution >= 4 is 28.9 Å². The Bertz CT molecular complexity index is 850. The van der Waals surface area contributed by atoms with Crippen molar-refractivity contribution in [3.63, 3.8) is 0 Å². The summed E-state index contributed by atoms with van der Waals surface area (Å²) in [5.74, 6) is 0.820. The van der Waals surface area contributed by atoms with Crippen LogP contribution in [0.25, 0.3) is 0 Å². The number of hydrogen-bond donors (Lipinski definition) is 1. The fraction of sp³-hybridized carbons (Fsp3) is 0.143. The maximum atomic E-state index is 6.18. The number of hydrogen-bond acceptors (Lipinski definition) is 2. The van der Waals surface area contributed by atoms with Crippen molar-refractivity contribution in [3.05, 3.63) is 93.5 Å². The molecule has 0 saturated carbocycles. The molecule has 0 bridgehead atoms. The van der Waals surface area contributed by atoms with Gasteiger partial charge in [-0.2, -0.15) is 0 Å². The molecule has 0 aliphatic rings. The molecule has 2 nitrogen and oxygen atoms in total. The Labute approximate surface area is 158 Å². The van der Waals surface area contributed by atoms with Crippen molar-refractivity contribution in [1.29, 1.82) is 0 Å². The van der Waals surface area contributed by atoms with Gasteiger partial charge in [0.2, 0.25) is 0 Å². The topological polar surface area (TPSA) is 21.3 Å². The van der Waals surface area contributed by atoms with E-state index in [4.69, 9.17) is 27.9 Å². The van der Waals surface area contributed by atoms with E-state index in [0.29, 0.717) is 18.2 Å². The van der Waals surface area contributed by atoms with Crippen molar-refractivity contribution in [2.45, 2.75) is 20.1 Å². The van der Waals surface area contributed by atoms with Crippen molar-refractivity contribution in [1.82, 2.24) is 0 Å². The second-order valence-corrected chi connectivity index (χ2v) is 6.64. The van der Waals surface area contributed by atoms with Crippen LogP contribution in [0.4, 0.5) is 5.69 Å². The highest BCUT2D eigenvalue weighted by atomic mass is 35.5. The van der Waals surface area contributed by atoms with Gasteiger partial charge in [0.25, 0.3) is 0 Å². The molecule has 0 atom stereocenters. The van der Waals surface area contributed by atoms with Gasteiger partial charge in [0.15, 0.2) is 0 Å². The summed E-state index contributed by atoms with van der Waals surface area (Å²) in [5.41, 5.74) is 4.16. The second kappa shape index (κ2) is 8.28. The SMILES string of the molecule is Cc1c(Cl)cccc1NCc1cc(Cl)ccc1OCc1ccccc1. The van der Waals surface area contributed by atoms with Gasteiger partial charge in [-0.15, -0.1) is 0 Å². The lowest BCUT2D eigenvalue weighted by Crippen LogP contribution is -2.05. The monoisotopic (exact) mass is 371 g/mol. The lowest BCUT2D eigenvalue weighted by molar-refractivity contribution is 0.303. The highest BCUT2D eigenvalue weighted by Gasteiger charge is 2.07. The summed E-state index contributed by atoms with van der Waals surface area (Å²) < 4.78 is 6.00. The summed E-state index contributed by atoms with van der Waals surface area (Å²) in [6.07, 6.45) is 0. The van der Waals surface area contributed by atoms with Gasteiger partial charge in [-0.25, -0.2) is 0 Å². The number of rotatable bonds is 6. The Balaban J connectivity index is 1.74. The third-order valence-corrected chi connectivity index (χ3v) is 4.64. The van der Waals surface area contributed by atoms with Crippen molar-refractivity contribution in [3.8, 4) is 5.75 Å². The highest BCUT2D eigenvalue weighted by Crippen LogP contribution is 2.27. The Morgan fingerprint density at radius 2 is 1.72 bits per heavy atom. The predicted molar refractivity (Wildman–Crippen MR) is 106 cm³/mol. The van der Waals surface area contributed by atoms with Gasteiger partial charge in [0.05, 0.1) is 0 Å². The molecule has 0 unspecified atom stereocenters. The number of benzene rings is 3.